The lowest BCUT2D eigenvalue weighted by atomic mass is 10.1. The molecule has 170 valence electrons. The fourth-order valence-corrected chi connectivity index (χ4v) is 6.89. The number of carbonyl (C=O) groups excluding carboxylic acids is 1. The van der Waals surface area contributed by atoms with Gasteiger partial charge in [0.15, 0.2) is 0 Å². The predicted molar refractivity (Wildman–Crippen MR) is 132 cm³/mol. The molecule has 0 saturated carbocycles. The summed E-state index contributed by atoms with van der Waals surface area (Å²) in [5.41, 5.74) is 1.90. The number of unbranched alkanes of at least 4 members (excludes halogenated alkanes) is 3. The van der Waals surface area contributed by atoms with E-state index >= 15 is 0 Å². The minimum absolute atomic E-state index is 0.173. The SMILES string of the molecule is O=C(CCCCCC[NH+]1CC[NH+]2CCC[C@@H]2C1)N1c2ccccc2Sc2ccc(Cl)cc21. The number of quaternary nitrogens is 2. The van der Waals surface area contributed by atoms with Crippen molar-refractivity contribution in [1.82, 2.24) is 0 Å². The summed E-state index contributed by atoms with van der Waals surface area (Å²) >= 11 is 7.99. The first-order chi connectivity index (χ1) is 15.7. The van der Waals surface area contributed by atoms with Crippen LogP contribution in [-0.2, 0) is 4.79 Å². The third-order valence-electron chi connectivity index (χ3n) is 7.37. The van der Waals surface area contributed by atoms with Gasteiger partial charge < -0.3 is 9.80 Å². The van der Waals surface area contributed by atoms with E-state index in [-0.39, 0.29) is 5.91 Å². The summed E-state index contributed by atoms with van der Waals surface area (Å²) in [6.45, 7) is 6.81. The molecule has 3 heterocycles. The van der Waals surface area contributed by atoms with Gasteiger partial charge in [0.25, 0.3) is 0 Å². The zero-order valence-electron chi connectivity index (χ0n) is 18.7. The first-order valence-electron chi connectivity index (χ1n) is 12.3. The standard InChI is InChI=1S/C26H32ClN3OS/c27-20-12-13-25-23(18-20)30(22-9-4-5-10-24(22)32-25)26(31)11-3-1-2-6-14-28-16-17-29-15-7-8-21(29)19-28/h4-5,9-10,12-13,18,21H,1-3,6-8,11,14-17,19H2/p+2/t21-/m1/s1. The van der Waals surface area contributed by atoms with Crippen molar-refractivity contribution in [3.05, 3.63) is 47.5 Å². The highest BCUT2D eigenvalue weighted by Crippen LogP contribution is 2.49. The maximum Gasteiger partial charge on any atom is 0.231 e. The van der Waals surface area contributed by atoms with Gasteiger partial charge in [0.1, 0.15) is 25.7 Å². The molecule has 3 aliphatic rings. The number of nitrogens with zero attached hydrogens (tertiary/aromatic N) is 1. The molecule has 0 bridgehead atoms. The lowest BCUT2D eigenvalue weighted by Crippen LogP contribution is -3.29. The fraction of sp³-hybridized carbons (Fsp3) is 0.500. The number of benzene rings is 2. The van der Waals surface area contributed by atoms with E-state index in [1.807, 2.05) is 51.1 Å². The second kappa shape index (κ2) is 10.2. The number of fused-ring (bicyclic) bond motifs is 3. The van der Waals surface area contributed by atoms with Gasteiger partial charge in [-0.3, -0.25) is 9.69 Å². The molecule has 0 spiro atoms. The third-order valence-corrected chi connectivity index (χ3v) is 8.74. The van der Waals surface area contributed by atoms with Crippen LogP contribution in [0.5, 0.6) is 0 Å². The Balaban J connectivity index is 1.11. The largest absolute Gasteiger partial charge is 0.325 e. The van der Waals surface area contributed by atoms with Crippen molar-refractivity contribution in [2.24, 2.45) is 0 Å². The Bertz CT molecular complexity index is 968. The van der Waals surface area contributed by atoms with Crippen molar-refractivity contribution in [3.63, 3.8) is 0 Å². The van der Waals surface area contributed by atoms with E-state index in [9.17, 15) is 4.79 Å². The number of halogens is 1. The molecular weight excluding hydrogens is 438 g/mol. The van der Waals surface area contributed by atoms with Crippen LogP contribution in [0.15, 0.2) is 52.3 Å². The van der Waals surface area contributed by atoms with Crippen LogP contribution in [0.2, 0.25) is 5.02 Å². The highest BCUT2D eigenvalue weighted by atomic mass is 35.5. The van der Waals surface area contributed by atoms with Crippen LogP contribution in [-0.4, -0.2) is 44.7 Å². The molecule has 3 aliphatic heterocycles. The number of hydrogen-bond donors (Lipinski definition) is 2. The maximum absolute atomic E-state index is 13.3. The molecule has 2 unspecified atom stereocenters. The van der Waals surface area contributed by atoms with E-state index in [0.717, 1.165) is 40.0 Å². The summed E-state index contributed by atoms with van der Waals surface area (Å²) in [7, 11) is 0. The number of rotatable bonds is 7. The van der Waals surface area contributed by atoms with Gasteiger partial charge in [-0.1, -0.05) is 41.9 Å². The van der Waals surface area contributed by atoms with E-state index in [1.165, 1.54) is 58.4 Å². The van der Waals surface area contributed by atoms with Crippen LogP contribution in [0, 0.1) is 0 Å². The van der Waals surface area contributed by atoms with E-state index in [2.05, 4.69) is 6.07 Å². The molecule has 1 amide bonds. The zero-order valence-corrected chi connectivity index (χ0v) is 20.3. The van der Waals surface area contributed by atoms with Gasteiger partial charge >= 0.3 is 0 Å². The number of amides is 1. The predicted octanol–water partition coefficient (Wildman–Crippen LogP) is 3.37. The molecule has 32 heavy (non-hydrogen) atoms. The highest BCUT2D eigenvalue weighted by Gasteiger charge is 2.36. The Kier molecular flexibility index (Phi) is 7.08. The molecule has 3 atom stereocenters. The minimum atomic E-state index is 0.173. The molecule has 2 aromatic rings. The van der Waals surface area contributed by atoms with Crippen molar-refractivity contribution in [1.29, 1.82) is 0 Å². The van der Waals surface area contributed by atoms with Crippen LogP contribution >= 0.6 is 23.4 Å². The van der Waals surface area contributed by atoms with Crippen LogP contribution in [0.3, 0.4) is 0 Å². The lowest BCUT2D eigenvalue weighted by Gasteiger charge is -2.32. The number of carbonyl (C=O) groups is 1. The Labute approximate surface area is 200 Å². The first kappa shape index (κ1) is 22.3. The van der Waals surface area contributed by atoms with Gasteiger partial charge in [-0.25, -0.2) is 0 Å². The van der Waals surface area contributed by atoms with Gasteiger partial charge in [0, 0.05) is 34.1 Å². The second-order valence-corrected chi connectivity index (χ2v) is 11.0. The van der Waals surface area contributed by atoms with Crippen LogP contribution in [0.25, 0.3) is 0 Å². The minimum Gasteiger partial charge on any atom is -0.325 e. The zero-order chi connectivity index (χ0) is 21.9. The first-order valence-corrected chi connectivity index (χ1v) is 13.5. The quantitative estimate of drug-likeness (QED) is 0.606. The summed E-state index contributed by atoms with van der Waals surface area (Å²) in [5.74, 6) is 0.173. The Hall–Kier alpha value is -1.53. The van der Waals surface area contributed by atoms with Gasteiger partial charge in [-0.2, -0.15) is 0 Å². The second-order valence-electron chi connectivity index (χ2n) is 9.53. The molecule has 2 N–H and O–H groups in total. The Morgan fingerprint density at radius 2 is 1.84 bits per heavy atom. The Morgan fingerprint density at radius 3 is 2.78 bits per heavy atom. The van der Waals surface area contributed by atoms with Crippen molar-refractivity contribution in [2.75, 3.05) is 37.6 Å². The Morgan fingerprint density at radius 1 is 1.00 bits per heavy atom. The number of para-hydroxylation sites is 1. The van der Waals surface area contributed by atoms with E-state index in [0.29, 0.717) is 11.4 Å². The molecule has 2 aromatic carbocycles. The fourth-order valence-electron chi connectivity index (χ4n) is 5.69. The van der Waals surface area contributed by atoms with Crippen molar-refractivity contribution >= 4 is 40.6 Å². The number of piperazine rings is 1. The molecule has 0 aliphatic carbocycles. The summed E-state index contributed by atoms with van der Waals surface area (Å²) in [6, 6.07) is 14.9. The normalized spacial score (nSPS) is 24.0. The number of nitrogens with one attached hydrogen (secondary N) is 2. The molecule has 0 radical (unpaired) electrons. The monoisotopic (exact) mass is 471 g/mol. The van der Waals surface area contributed by atoms with Gasteiger partial charge in [-0.05, 0) is 49.6 Å². The van der Waals surface area contributed by atoms with Crippen molar-refractivity contribution in [2.45, 2.75) is 60.8 Å². The van der Waals surface area contributed by atoms with E-state index in [1.54, 1.807) is 11.8 Å². The highest BCUT2D eigenvalue weighted by molar-refractivity contribution is 7.99. The molecule has 4 nitrogen and oxygen atoms in total. The molecule has 5 rings (SSSR count). The molecule has 0 aromatic heterocycles. The average Bonchev–Trinajstić information content (AvgIpc) is 3.27. The van der Waals surface area contributed by atoms with E-state index in [4.69, 9.17) is 11.6 Å². The van der Waals surface area contributed by atoms with Gasteiger partial charge in [0.05, 0.1) is 24.5 Å². The summed E-state index contributed by atoms with van der Waals surface area (Å²) in [4.78, 5) is 21.1. The van der Waals surface area contributed by atoms with Crippen LogP contribution in [0.1, 0.15) is 44.9 Å². The lowest BCUT2D eigenvalue weighted by molar-refractivity contribution is -1.02. The van der Waals surface area contributed by atoms with Crippen LogP contribution in [0.4, 0.5) is 11.4 Å². The van der Waals surface area contributed by atoms with Crippen molar-refractivity contribution < 1.29 is 14.6 Å². The molecule has 2 fully saturated rings. The van der Waals surface area contributed by atoms with E-state index < -0.39 is 0 Å². The summed E-state index contributed by atoms with van der Waals surface area (Å²) in [5, 5.41) is 0.670. The summed E-state index contributed by atoms with van der Waals surface area (Å²) in [6.07, 6.45) is 8.05. The number of hydrogen-bond acceptors (Lipinski definition) is 2. The topological polar surface area (TPSA) is 29.2 Å². The smallest absolute Gasteiger partial charge is 0.231 e. The van der Waals surface area contributed by atoms with Crippen LogP contribution < -0.4 is 14.7 Å². The maximum atomic E-state index is 13.3. The average molecular weight is 472 g/mol. The third kappa shape index (κ3) is 4.86. The summed E-state index contributed by atoms with van der Waals surface area (Å²) < 4.78 is 0. The molecule has 6 heteroatoms. The van der Waals surface area contributed by atoms with Gasteiger partial charge in [-0.15, -0.1) is 0 Å². The van der Waals surface area contributed by atoms with Crippen molar-refractivity contribution in [3.8, 4) is 0 Å². The van der Waals surface area contributed by atoms with Gasteiger partial charge in [0.2, 0.25) is 5.91 Å². The molecular formula is C26H34ClN3OS+2. The molecule has 2 saturated heterocycles. The number of anilines is 2.